The van der Waals surface area contributed by atoms with E-state index in [1.54, 1.807) is 0 Å². The molecule has 50 heavy (non-hydrogen) atoms. The van der Waals surface area contributed by atoms with Gasteiger partial charge in [-0.3, -0.25) is 9.59 Å². The van der Waals surface area contributed by atoms with Crippen LogP contribution in [0.4, 0.5) is 0 Å². The van der Waals surface area contributed by atoms with Crippen molar-refractivity contribution in [1.29, 1.82) is 0 Å². The van der Waals surface area contributed by atoms with Crippen LogP contribution in [0, 0.1) is 11.8 Å². The van der Waals surface area contributed by atoms with Crippen LogP contribution < -0.4 is 0 Å². The van der Waals surface area contributed by atoms with Gasteiger partial charge in [-0.15, -0.1) is 0 Å². The minimum absolute atomic E-state index is 0.0927. The molecule has 0 amide bonds. The standard InChI is InChI=1S/C44H82O6/c1-3-5-7-9-15-23-31-41(39-45)33-25-17-11-13-19-27-35-43(47)49-37-29-21-22-30-38-50-44(48)36-28-20-14-12-18-26-34-42(40-46)32-24-16-10-8-6-4-2/h25-26,33-34,41-42,45-46H,3-24,27-32,35-40H2,1-2H3/b33-25+,34-26?. The Morgan fingerprint density at radius 3 is 1.20 bits per heavy atom. The van der Waals surface area contributed by atoms with Crippen molar-refractivity contribution in [2.24, 2.45) is 11.8 Å². The van der Waals surface area contributed by atoms with Crippen LogP contribution in [-0.2, 0) is 19.1 Å². The van der Waals surface area contributed by atoms with Gasteiger partial charge in [-0.2, -0.15) is 0 Å². The Labute approximate surface area is 309 Å². The lowest BCUT2D eigenvalue weighted by atomic mass is 9.99. The molecule has 0 saturated carbocycles. The zero-order valence-electron chi connectivity index (χ0n) is 33.0. The van der Waals surface area contributed by atoms with E-state index in [4.69, 9.17) is 9.47 Å². The Hall–Kier alpha value is -1.66. The molecule has 6 nitrogen and oxygen atoms in total. The summed E-state index contributed by atoms with van der Waals surface area (Å²) in [6, 6.07) is 0. The molecule has 0 aromatic carbocycles. The summed E-state index contributed by atoms with van der Waals surface area (Å²) in [7, 11) is 0. The largest absolute Gasteiger partial charge is 0.466 e. The van der Waals surface area contributed by atoms with E-state index in [9.17, 15) is 19.8 Å². The van der Waals surface area contributed by atoms with Crippen LogP contribution in [0.15, 0.2) is 24.3 Å². The van der Waals surface area contributed by atoms with Crippen molar-refractivity contribution in [3.05, 3.63) is 24.3 Å². The summed E-state index contributed by atoms with van der Waals surface area (Å²) in [6.45, 7) is 5.93. The lowest BCUT2D eigenvalue weighted by Crippen LogP contribution is -2.07. The van der Waals surface area contributed by atoms with Gasteiger partial charge in [0.2, 0.25) is 0 Å². The molecule has 0 aromatic heterocycles. The first-order chi connectivity index (χ1) is 24.6. The third-order valence-corrected chi connectivity index (χ3v) is 9.71. The molecule has 0 fully saturated rings. The highest BCUT2D eigenvalue weighted by molar-refractivity contribution is 5.69. The van der Waals surface area contributed by atoms with Crippen molar-refractivity contribution in [3.8, 4) is 0 Å². The zero-order valence-corrected chi connectivity index (χ0v) is 33.0. The molecule has 0 saturated heterocycles. The highest BCUT2D eigenvalue weighted by Gasteiger charge is 2.06. The first-order valence-electron chi connectivity index (χ1n) is 21.4. The lowest BCUT2D eigenvalue weighted by molar-refractivity contribution is -0.145. The molecular formula is C44H82O6. The molecule has 0 aliphatic carbocycles. The first-order valence-corrected chi connectivity index (χ1v) is 21.4. The average molecular weight is 707 g/mol. The maximum Gasteiger partial charge on any atom is 0.305 e. The molecule has 0 heterocycles. The number of hydrogen-bond donors (Lipinski definition) is 2. The predicted octanol–water partition coefficient (Wildman–Crippen LogP) is 12.1. The lowest BCUT2D eigenvalue weighted by Gasteiger charge is -2.09. The number of unbranched alkanes of at least 4 members (excludes halogenated alkanes) is 21. The molecule has 0 rings (SSSR count). The van der Waals surface area contributed by atoms with Crippen LogP contribution in [0.1, 0.15) is 206 Å². The minimum atomic E-state index is -0.0927. The number of aliphatic hydroxyl groups excluding tert-OH is 2. The minimum Gasteiger partial charge on any atom is -0.466 e. The Bertz CT molecular complexity index is 714. The summed E-state index contributed by atoms with van der Waals surface area (Å²) >= 11 is 0. The van der Waals surface area contributed by atoms with Crippen LogP contribution in [0.25, 0.3) is 0 Å². The molecule has 0 aliphatic rings. The summed E-state index contributed by atoms with van der Waals surface area (Å²) in [4.78, 5) is 24.0. The van der Waals surface area contributed by atoms with Crippen LogP contribution >= 0.6 is 0 Å². The van der Waals surface area contributed by atoms with Crippen LogP contribution in [0.2, 0.25) is 0 Å². The van der Waals surface area contributed by atoms with Gasteiger partial charge in [-0.05, 0) is 88.9 Å². The van der Waals surface area contributed by atoms with Crippen LogP contribution in [0.3, 0.4) is 0 Å². The molecule has 0 spiro atoms. The molecule has 0 aromatic rings. The highest BCUT2D eigenvalue weighted by Crippen LogP contribution is 2.16. The number of esters is 2. The van der Waals surface area contributed by atoms with Crippen molar-refractivity contribution in [1.82, 2.24) is 0 Å². The highest BCUT2D eigenvalue weighted by atomic mass is 16.5. The molecule has 6 heteroatoms. The van der Waals surface area contributed by atoms with Crippen LogP contribution in [-0.4, -0.2) is 48.6 Å². The van der Waals surface area contributed by atoms with Gasteiger partial charge in [0, 0.05) is 26.1 Å². The van der Waals surface area contributed by atoms with Gasteiger partial charge in [0.25, 0.3) is 0 Å². The summed E-state index contributed by atoms with van der Waals surface area (Å²) < 4.78 is 10.8. The molecule has 2 atom stereocenters. The molecule has 2 unspecified atom stereocenters. The molecule has 0 aliphatic heterocycles. The van der Waals surface area contributed by atoms with Crippen molar-refractivity contribution in [2.75, 3.05) is 26.4 Å². The number of allylic oxidation sites excluding steroid dienone is 2. The van der Waals surface area contributed by atoms with E-state index >= 15 is 0 Å². The maximum absolute atomic E-state index is 12.0. The summed E-state index contributed by atoms with van der Waals surface area (Å²) in [6.07, 6.45) is 41.6. The Balaban J connectivity index is 3.52. The number of carbonyl (C=O) groups is 2. The second-order valence-electron chi connectivity index (χ2n) is 14.6. The van der Waals surface area contributed by atoms with Gasteiger partial charge in [0.05, 0.1) is 13.2 Å². The maximum atomic E-state index is 12.0. The van der Waals surface area contributed by atoms with Crippen LogP contribution in [0.5, 0.6) is 0 Å². The second-order valence-corrected chi connectivity index (χ2v) is 14.6. The number of ether oxygens (including phenoxy) is 2. The quantitative estimate of drug-likeness (QED) is 0.0375. The third-order valence-electron chi connectivity index (χ3n) is 9.71. The molecule has 294 valence electrons. The van der Waals surface area contributed by atoms with E-state index in [-0.39, 0.29) is 25.2 Å². The molecule has 0 bridgehead atoms. The van der Waals surface area contributed by atoms with E-state index < -0.39 is 0 Å². The van der Waals surface area contributed by atoms with Crippen molar-refractivity contribution in [2.45, 2.75) is 206 Å². The first kappa shape index (κ1) is 48.3. The summed E-state index contributed by atoms with van der Waals surface area (Å²) in [5.41, 5.74) is 0. The summed E-state index contributed by atoms with van der Waals surface area (Å²) in [5, 5.41) is 19.2. The van der Waals surface area contributed by atoms with Crippen molar-refractivity contribution in [3.63, 3.8) is 0 Å². The predicted molar refractivity (Wildman–Crippen MR) is 211 cm³/mol. The smallest absolute Gasteiger partial charge is 0.305 e. The third kappa shape index (κ3) is 36.1. The Morgan fingerprint density at radius 1 is 0.460 bits per heavy atom. The monoisotopic (exact) mass is 707 g/mol. The molecular weight excluding hydrogens is 624 g/mol. The van der Waals surface area contributed by atoms with Gasteiger partial charge < -0.3 is 19.7 Å². The number of rotatable bonds is 39. The number of hydrogen-bond acceptors (Lipinski definition) is 6. The van der Waals surface area contributed by atoms with E-state index in [2.05, 4.69) is 38.2 Å². The summed E-state index contributed by atoms with van der Waals surface area (Å²) in [5.74, 6) is 0.416. The van der Waals surface area contributed by atoms with E-state index in [1.165, 1.54) is 77.0 Å². The zero-order chi connectivity index (χ0) is 36.6. The van der Waals surface area contributed by atoms with E-state index in [0.29, 0.717) is 37.9 Å². The molecule has 0 radical (unpaired) electrons. The fourth-order valence-electron chi connectivity index (χ4n) is 6.29. The Morgan fingerprint density at radius 2 is 0.800 bits per heavy atom. The van der Waals surface area contributed by atoms with Crippen molar-refractivity contribution >= 4 is 11.9 Å². The number of aliphatic hydroxyl groups is 2. The second kappa shape index (κ2) is 40.1. The van der Waals surface area contributed by atoms with Gasteiger partial charge in [-0.1, -0.05) is 141 Å². The molecule has 2 N–H and O–H groups in total. The fourth-order valence-corrected chi connectivity index (χ4v) is 6.29. The van der Waals surface area contributed by atoms with Gasteiger partial charge in [0.1, 0.15) is 0 Å². The Kier molecular flexibility index (Phi) is 38.8. The van der Waals surface area contributed by atoms with Crippen molar-refractivity contribution < 1.29 is 29.3 Å². The number of carbonyl (C=O) groups excluding carboxylic acids is 2. The SMILES string of the molecule is CCCCCCCCC(C=CCCCCCCC(=O)OCCCCCCOC(=O)CCCCCC/C=C/C(CO)CCCCCCCC)CO. The van der Waals surface area contributed by atoms with Gasteiger partial charge in [0.15, 0.2) is 0 Å². The fraction of sp³-hybridized carbons (Fsp3) is 0.864. The topological polar surface area (TPSA) is 93.1 Å². The normalized spacial score (nSPS) is 13.0. The van der Waals surface area contributed by atoms with E-state index in [0.717, 1.165) is 103 Å². The van der Waals surface area contributed by atoms with Gasteiger partial charge in [-0.25, -0.2) is 0 Å². The van der Waals surface area contributed by atoms with Gasteiger partial charge >= 0.3 is 11.9 Å². The van der Waals surface area contributed by atoms with E-state index in [1.807, 2.05) is 0 Å². The average Bonchev–Trinajstić information content (AvgIpc) is 3.12.